The highest BCUT2D eigenvalue weighted by Gasteiger charge is 2.44. The molecule has 0 N–H and O–H groups in total. The number of carbonyl (C=O) groups is 1. The highest BCUT2D eigenvalue weighted by Crippen LogP contribution is 2.39. The molecule has 1 fully saturated rings. The lowest BCUT2D eigenvalue weighted by Gasteiger charge is -2.53. The highest BCUT2D eigenvalue weighted by atomic mass is 16.2. The maximum Gasteiger partial charge on any atom is 0.254 e. The number of rotatable bonds is 1. The van der Waals surface area contributed by atoms with Crippen molar-refractivity contribution in [3.05, 3.63) is 35.4 Å². The van der Waals surface area contributed by atoms with Gasteiger partial charge in [0.1, 0.15) is 0 Å². The van der Waals surface area contributed by atoms with E-state index in [2.05, 4.69) is 65.5 Å². The summed E-state index contributed by atoms with van der Waals surface area (Å²) in [5.74, 6) is 0.162. The van der Waals surface area contributed by atoms with Crippen LogP contribution in [0.4, 0.5) is 0 Å². The number of benzene rings is 1. The van der Waals surface area contributed by atoms with Gasteiger partial charge in [-0.05, 0) is 70.1 Å². The first-order chi connectivity index (χ1) is 9.95. The third kappa shape index (κ3) is 3.21. The number of hydrogen-bond donors (Lipinski definition) is 0. The van der Waals surface area contributed by atoms with E-state index in [1.807, 2.05) is 12.1 Å². The van der Waals surface area contributed by atoms with Gasteiger partial charge >= 0.3 is 0 Å². The van der Waals surface area contributed by atoms with Crippen LogP contribution < -0.4 is 0 Å². The van der Waals surface area contributed by atoms with Gasteiger partial charge in [0.05, 0.1) is 0 Å². The maximum absolute atomic E-state index is 13.1. The molecular formula is C20H31NO. The number of piperidine rings is 1. The minimum Gasteiger partial charge on any atom is -0.328 e. The summed E-state index contributed by atoms with van der Waals surface area (Å²) >= 11 is 0. The topological polar surface area (TPSA) is 20.3 Å². The Morgan fingerprint density at radius 3 is 1.82 bits per heavy atom. The van der Waals surface area contributed by atoms with Crippen LogP contribution >= 0.6 is 0 Å². The monoisotopic (exact) mass is 301 g/mol. The summed E-state index contributed by atoms with van der Waals surface area (Å²) in [6.07, 6.45) is 3.33. The molecule has 0 aromatic heterocycles. The zero-order valence-corrected chi connectivity index (χ0v) is 15.3. The Morgan fingerprint density at radius 2 is 1.41 bits per heavy atom. The van der Waals surface area contributed by atoms with E-state index in [4.69, 9.17) is 0 Å². The van der Waals surface area contributed by atoms with E-state index < -0.39 is 0 Å². The highest BCUT2D eigenvalue weighted by molar-refractivity contribution is 5.95. The standard InChI is InChI=1S/C20H31NO/c1-18(2,3)16-11-9-15(10-12-16)17(22)21-19(4,5)13-8-14-20(21,6)7/h9-12H,8,13-14H2,1-7H3. The Kier molecular flexibility index (Phi) is 4.18. The van der Waals surface area contributed by atoms with Gasteiger partial charge in [-0.3, -0.25) is 4.79 Å². The van der Waals surface area contributed by atoms with Gasteiger partial charge in [0.2, 0.25) is 0 Å². The average Bonchev–Trinajstić information content (AvgIpc) is 2.35. The van der Waals surface area contributed by atoms with E-state index >= 15 is 0 Å². The van der Waals surface area contributed by atoms with Crippen LogP contribution in [0, 0.1) is 0 Å². The second kappa shape index (κ2) is 5.40. The van der Waals surface area contributed by atoms with E-state index in [1.54, 1.807) is 0 Å². The predicted octanol–water partition coefficient (Wildman–Crippen LogP) is 5.17. The molecule has 0 aliphatic carbocycles. The van der Waals surface area contributed by atoms with E-state index in [0.29, 0.717) is 0 Å². The Labute approximate surface area is 135 Å². The fourth-order valence-electron chi connectivity index (χ4n) is 3.79. The van der Waals surface area contributed by atoms with Crippen LogP contribution in [0.1, 0.15) is 83.7 Å². The minimum atomic E-state index is -0.0818. The molecule has 2 nitrogen and oxygen atoms in total. The number of amides is 1. The average molecular weight is 301 g/mol. The second-order valence-electron chi connectivity index (χ2n) is 8.95. The Morgan fingerprint density at radius 1 is 0.955 bits per heavy atom. The van der Waals surface area contributed by atoms with Crippen LogP contribution in [0.2, 0.25) is 0 Å². The van der Waals surface area contributed by atoms with E-state index in [1.165, 1.54) is 12.0 Å². The molecule has 0 atom stereocenters. The van der Waals surface area contributed by atoms with E-state index in [9.17, 15) is 4.79 Å². The van der Waals surface area contributed by atoms with Gasteiger partial charge in [-0.25, -0.2) is 0 Å². The largest absolute Gasteiger partial charge is 0.328 e. The third-order valence-corrected chi connectivity index (χ3v) is 4.99. The first-order valence-electron chi connectivity index (χ1n) is 8.40. The molecule has 22 heavy (non-hydrogen) atoms. The van der Waals surface area contributed by atoms with Gasteiger partial charge in [0.15, 0.2) is 0 Å². The normalized spacial score (nSPS) is 20.8. The molecule has 122 valence electrons. The van der Waals surface area contributed by atoms with Gasteiger partial charge in [0, 0.05) is 16.6 Å². The van der Waals surface area contributed by atoms with Gasteiger partial charge < -0.3 is 4.90 Å². The molecule has 2 rings (SSSR count). The van der Waals surface area contributed by atoms with Gasteiger partial charge in [-0.1, -0.05) is 32.9 Å². The quantitative estimate of drug-likeness (QED) is 0.701. The van der Waals surface area contributed by atoms with Crippen LogP contribution in [0.5, 0.6) is 0 Å². The Balaban J connectivity index is 2.34. The van der Waals surface area contributed by atoms with Gasteiger partial charge in [0.25, 0.3) is 5.91 Å². The summed E-state index contributed by atoms with van der Waals surface area (Å²) in [5.41, 5.74) is 2.02. The molecule has 1 heterocycles. The summed E-state index contributed by atoms with van der Waals surface area (Å²) < 4.78 is 0. The van der Waals surface area contributed by atoms with Crippen molar-refractivity contribution in [3.8, 4) is 0 Å². The Hall–Kier alpha value is -1.31. The molecule has 1 aromatic rings. The van der Waals surface area contributed by atoms with Crippen LogP contribution in [0.3, 0.4) is 0 Å². The first-order valence-corrected chi connectivity index (χ1v) is 8.40. The smallest absolute Gasteiger partial charge is 0.254 e. The predicted molar refractivity (Wildman–Crippen MR) is 93.3 cm³/mol. The second-order valence-corrected chi connectivity index (χ2v) is 8.95. The number of hydrogen-bond acceptors (Lipinski definition) is 1. The van der Waals surface area contributed by atoms with Crippen LogP contribution in [-0.4, -0.2) is 21.9 Å². The third-order valence-electron chi connectivity index (χ3n) is 4.99. The number of likely N-dealkylation sites (tertiary alicyclic amines) is 1. The molecule has 0 spiro atoms. The van der Waals surface area contributed by atoms with Crippen molar-refractivity contribution >= 4 is 5.91 Å². The summed E-state index contributed by atoms with van der Waals surface area (Å²) in [6, 6.07) is 8.17. The lowest BCUT2D eigenvalue weighted by molar-refractivity contribution is -0.0111. The number of nitrogens with zero attached hydrogens (tertiary/aromatic N) is 1. The van der Waals surface area contributed by atoms with Crippen molar-refractivity contribution < 1.29 is 4.79 Å². The van der Waals surface area contributed by atoms with Crippen molar-refractivity contribution in [2.75, 3.05) is 0 Å². The summed E-state index contributed by atoms with van der Waals surface area (Å²) in [5, 5.41) is 0. The molecule has 0 unspecified atom stereocenters. The van der Waals surface area contributed by atoms with E-state index in [-0.39, 0.29) is 22.4 Å². The van der Waals surface area contributed by atoms with Crippen LogP contribution in [0.25, 0.3) is 0 Å². The molecule has 1 aromatic carbocycles. The SMILES string of the molecule is CC(C)(C)c1ccc(C(=O)N2C(C)(C)CCCC2(C)C)cc1. The molecule has 1 aliphatic heterocycles. The molecule has 2 heteroatoms. The molecular weight excluding hydrogens is 270 g/mol. The first kappa shape index (κ1) is 17.1. The van der Waals surface area contributed by atoms with Crippen LogP contribution in [-0.2, 0) is 5.41 Å². The maximum atomic E-state index is 13.1. The van der Waals surface area contributed by atoms with Gasteiger partial charge in [-0.2, -0.15) is 0 Å². The van der Waals surface area contributed by atoms with Gasteiger partial charge in [-0.15, -0.1) is 0 Å². The molecule has 1 aliphatic rings. The lowest BCUT2D eigenvalue weighted by atomic mass is 9.79. The minimum absolute atomic E-state index is 0.0818. The fourth-order valence-corrected chi connectivity index (χ4v) is 3.79. The zero-order chi connectivity index (χ0) is 16.8. The number of carbonyl (C=O) groups excluding carboxylic acids is 1. The molecule has 1 amide bonds. The summed E-state index contributed by atoms with van der Waals surface area (Å²) in [6.45, 7) is 15.3. The van der Waals surface area contributed by atoms with Crippen molar-refractivity contribution in [1.82, 2.24) is 4.90 Å². The van der Waals surface area contributed by atoms with Crippen LogP contribution in [0.15, 0.2) is 24.3 Å². The van der Waals surface area contributed by atoms with E-state index in [0.717, 1.165) is 18.4 Å². The molecule has 0 bridgehead atoms. The lowest BCUT2D eigenvalue weighted by Crippen LogP contribution is -2.60. The van der Waals surface area contributed by atoms with Crippen molar-refractivity contribution in [1.29, 1.82) is 0 Å². The van der Waals surface area contributed by atoms with Crippen molar-refractivity contribution in [2.45, 2.75) is 84.2 Å². The molecule has 0 radical (unpaired) electrons. The van der Waals surface area contributed by atoms with Crippen molar-refractivity contribution in [3.63, 3.8) is 0 Å². The summed E-state index contributed by atoms with van der Waals surface area (Å²) in [7, 11) is 0. The molecule has 1 saturated heterocycles. The Bertz CT molecular complexity index is 530. The summed E-state index contributed by atoms with van der Waals surface area (Å²) in [4.78, 5) is 15.2. The fraction of sp³-hybridized carbons (Fsp3) is 0.650. The molecule has 0 saturated carbocycles. The zero-order valence-electron chi connectivity index (χ0n) is 15.3. The van der Waals surface area contributed by atoms with Crippen molar-refractivity contribution in [2.24, 2.45) is 0 Å².